The third kappa shape index (κ3) is 4.76. The maximum absolute atomic E-state index is 13.0. The topological polar surface area (TPSA) is 72.5 Å². The molecule has 0 spiro atoms. The molecule has 0 aliphatic carbocycles. The third-order valence-electron chi connectivity index (χ3n) is 4.05. The molecule has 0 atom stereocenters. The van der Waals surface area contributed by atoms with Gasteiger partial charge < -0.3 is 20.1 Å². The third-order valence-corrected chi connectivity index (χ3v) is 4.05. The van der Waals surface area contributed by atoms with Crippen LogP contribution in [0.1, 0.15) is 15.9 Å². The van der Waals surface area contributed by atoms with Gasteiger partial charge in [-0.2, -0.15) is 0 Å². The van der Waals surface area contributed by atoms with Crippen molar-refractivity contribution >= 4 is 17.3 Å². The smallest absolute Gasteiger partial charge is 0.253 e. The summed E-state index contributed by atoms with van der Waals surface area (Å²) in [5.41, 5.74) is 2.56. The molecule has 0 aliphatic rings. The number of hydrogen-bond acceptors (Lipinski definition) is 5. The number of carbonyl (C=O) groups excluding carboxylic acids is 1. The van der Waals surface area contributed by atoms with E-state index in [-0.39, 0.29) is 11.7 Å². The van der Waals surface area contributed by atoms with Crippen LogP contribution in [0, 0.1) is 5.82 Å². The van der Waals surface area contributed by atoms with Gasteiger partial charge in [-0.3, -0.25) is 9.78 Å². The zero-order valence-electron chi connectivity index (χ0n) is 15.5. The van der Waals surface area contributed by atoms with Gasteiger partial charge in [0.05, 0.1) is 37.4 Å². The van der Waals surface area contributed by atoms with Crippen LogP contribution in [0.5, 0.6) is 11.5 Å². The van der Waals surface area contributed by atoms with Crippen LogP contribution in [0.15, 0.2) is 60.9 Å². The van der Waals surface area contributed by atoms with Gasteiger partial charge >= 0.3 is 0 Å². The molecule has 1 amide bonds. The summed E-state index contributed by atoms with van der Waals surface area (Å²) in [5, 5.41) is 5.98. The van der Waals surface area contributed by atoms with Crippen molar-refractivity contribution in [3.05, 3.63) is 77.9 Å². The van der Waals surface area contributed by atoms with E-state index in [9.17, 15) is 9.18 Å². The Morgan fingerprint density at radius 1 is 1.04 bits per heavy atom. The van der Waals surface area contributed by atoms with Gasteiger partial charge in [-0.1, -0.05) is 12.1 Å². The molecule has 6 nitrogen and oxygen atoms in total. The molecule has 1 heterocycles. The van der Waals surface area contributed by atoms with Crippen molar-refractivity contribution in [2.24, 2.45) is 0 Å². The monoisotopic (exact) mass is 381 g/mol. The molecular weight excluding hydrogens is 361 g/mol. The second kappa shape index (κ2) is 8.85. The molecule has 3 rings (SSSR count). The van der Waals surface area contributed by atoms with E-state index < -0.39 is 0 Å². The Bertz CT molecular complexity index is 961. The molecule has 0 aliphatic heterocycles. The van der Waals surface area contributed by atoms with Gasteiger partial charge in [-0.15, -0.1) is 0 Å². The summed E-state index contributed by atoms with van der Waals surface area (Å²) in [6, 6.07) is 13.0. The van der Waals surface area contributed by atoms with E-state index in [1.807, 2.05) is 6.07 Å². The molecule has 144 valence electrons. The molecule has 2 N–H and O–H groups in total. The number of aromatic nitrogens is 1. The van der Waals surface area contributed by atoms with Crippen LogP contribution in [0.2, 0.25) is 0 Å². The van der Waals surface area contributed by atoms with Gasteiger partial charge in [0.15, 0.2) is 0 Å². The van der Waals surface area contributed by atoms with Crippen LogP contribution in [-0.4, -0.2) is 25.1 Å². The molecule has 7 heteroatoms. The predicted octanol–water partition coefficient (Wildman–Crippen LogP) is 3.91. The van der Waals surface area contributed by atoms with Gasteiger partial charge in [-0.05, 0) is 35.9 Å². The summed E-state index contributed by atoms with van der Waals surface area (Å²) in [4.78, 5) is 16.5. The number of ether oxygens (including phenoxy) is 2. The fraction of sp³-hybridized carbons (Fsp3) is 0.143. The SMILES string of the molecule is COc1ccc(Nc2cncc(C(=O)NCc3ccc(F)cc3)c2)c(OC)c1. The number of methoxy groups -OCH3 is 2. The average molecular weight is 381 g/mol. The van der Waals surface area contributed by atoms with Crippen LogP contribution >= 0.6 is 0 Å². The van der Waals surface area contributed by atoms with Gasteiger partial charge in [0.25, 0.3) is 5.91 Å². The molecule has 3 aromatic rings. The number of hydrogen-bond donors (Lipinski definition) is 2. The number of nitrogens with zero attached hydrogens (tertiary/aromatic N) is 1. The fourth-order valence-electron chi connectivity index (χ4n) is 2.58. The highest BCUT2D eigenvalue weighted by molar-refractivity contribution is 5.94. The molecule has 0 fully saturated rings. The maximum atomic E-state index is 13.0. The Labute approximate surface area is 162 Å². The first kappa shape index (κ1) is 19.2. The minimum atomic E-state index is -0.313. The number of halogens is 1. The normalized spacial score (nSPS) is 10.2. The second-order valence-electron chi connectivity index (χ2n) is 5.96. The summed E-state index contributed by atoms with van der Waals surface area (Å²) in [7, 11) is 3.15. The molecule has 0 bridgehead atoms. The molecular formula is C21H20FN3O3. The van der Waals surface area contributed by atoms with E-state index in [2.05, 4.69) is 15.6 Å². The summed E-state index contributed by atoms with van der Waals surface area (Å²) < 4.78 is 23.5. The molecule has 0 saturated carbocycles. The van der Waals surface area contributed by atoms with E-state index in [0.717, 1.165) is 5.56 Å². The van der Waals surface area contributed by atoms with Crippen LogP contribution in [0.4, 0.5) is 15.8 Å². The molecule has 1 aromatic heterocycles. The first-order chi connectivity index (χ1) is 13.6. The second-order valence-corrected chi connectivity index (χ2v) is 5.96. The maximum Gasteiger partial charge on any atom is 0.253 e. The number of pyridine rings is 1. The Balaban J connectivity index is 1.69. The first-order valence-electron chi connectivity index (χ1n) is 8.56. The lowest BCUT2D eigenvalue weighted by atomic mass is 10.2. The van der Waals surface area contributed by atoms with Crippen molar-refractivity contribution in [3.63, 3.8) is 0 Å². The van der Waals surface area contributed by atoms with Gasteiger partial charge in [0, 0.05) is 18.8 Å². The van der Waals surface area contributed by atoms with Crippen molar-refractivity contribution < 1.29 is 18.7 Å². The zero-order valence-corrected chi connectivity index (χ0v) is 15.5. The lowest BCUT2D eigenvalue weighted by Crippen LogP contribution is -2.23. The van der Waals surface area contributed by atoms with E-state index in [4.69, 9.17) is 9.47 Å². The van der Waals surface area contributed by atoms with Crippen molar-refractivity contribution in [1.82, 2.24) is 10.3 Å². The molecule has 0 unspecified atom stereocenters. The van der Waals surface area contributed by atoms with Gasteiger partial charge in [-0.25, -0.2) is 4.39 Å². The standard InChI is InChI=1S/C21H20FN3O3/c1-27-18-7-8-19(20(10-18)28-2)25-17-9-15(12-23-13-17)21(26)24-11-14-3-5-16(22)6-4-14/h3-10,12-13,25H,11H2,1-2H3,(H,24,26). The lowest BCUT2D eigenvalue weighted by Gasteiger charge is -2.13. The van der Waals surface area contributed by atoms with Crippen LogP contribution in [0.3, 0.4) is 0 Å². The number of amides is 1. The van der Waals surface area contributed by atoms with E-state index >= 15 is 0 Å². The highest BCUT2D eigenvalue weighted by Crippen LogP contribution is 2.31. The number of anilines is 2. The van der Waals surface area contributed by atoms with Crippen LogP contribution in [-0.2, 0) is 6.54 Å². The van der Waals surface area contributed by atoms with E-state index in [0.29, 0.717) is 35.0 Å². The van der Waals surface area contributed by atoms with E-state index in [1.165, 1.54) is 18.3 Å². The van der Waals surface area contributed by atoms with Crippen molar-refractivity contribution in [2.75, 3.05) is 19.5 Å². The summed E-state index contributed by atoms with van der Waals surface area (Å²) >= 11 is 0. The van der Waals surface area contributed by atoms with Gasteiger partial charge in [0.2, 0.25) is 0 Å². The lowest BCUT2D eigenvalue weighted by molar-refractivity contribution is 0.0950. The van der Waals surface area contributed by atoms with Crippen molar-refractivity contribution in [1.29, 1.82) is 0 Å². The summed E-state index contributed by atoms with van der Waals surface area (Å²) in [5.74, 6) is 0.689. The number of benzene rings is 2. The largest absolute Gasteiger partial charge is 0.497 e. The molecule has 0 radical (unpaired) electrons. The fourth-order valence-corrected chi connectivity index (χ4v) is 2.58. The summed E-state index contributed by atoms with van der Waals surface area (Å²) in [6.07, 6.45) is 3.09. The summed E-state index contributed by atoms with van der Waals surface area (Å²) in [6.45, 7) is 0.295. The average Bonchev–Trinajstić information content (AvgIpc) is 2.73. The Morgan fingerprint density at radius 2 is 1.82 bits per heavy atom. The number of carbonyl (C=O) groups is 1. The first-order valence-corrected chi connectivity index (χ1v) is 8.56. The number of rotatable bonds is 7. The quantitative estimate of drug-likeness (QED) is 0.649. The zero-order chi connectivity index (χ0) is 19.9. The number of nitrogens with one attached hydrogen (secondary N) is 2. The van der Waals surface area contributed by atoms with Crippen molar-refractivity contribution in [3.8, 4) is 11.5 Å². The Morgan fingerprint density at radius 3 is 2.54 bits per heavy atom. The predicted molar refractivity (Wildman–Crippen MR) is 105 cm³/mol. The van der Waals surface area contributed by atoms with Crippen molar-refractivity contribution in [2.45, 2.75) is 6.54 Å². The Hall–Kier alpha value is -3.61. The minimum Gasteiger partial charge on any atom is -0.497 e. The van der Waals surface area contributed by atoms with E-state index in [1.54, 1.807) is 50.7 Å². The molecule has 0 saturated heterocycles. The Kier molecular flexibility index (Phi) is 6.06. The highest BCUT2D eigenvalue weighted by Gasteiger charge is 2.09. The van der Waals surface area contributed by atoms with Gasteiger partial charge in [0.1, 0.15) is 17.3 Å². The molecule has 2 aromatic carbocycles. The minimum absolute atomic E-state index is 0.276. The van der Waals surface area contributed by atoms with Crippen LogP contribution in [0.25, 0.3) is 0 Å². The molecule has 28 heavy (non-hydrogen) atoms. The van der Waals surface area contributed by atoms with Crippen LogP contribution < -0.4 is 20.1 Å². The highest BCUT2D eigenvalue weighted by atomic mass is 19.1.